The van der Waals surface area contributed by atoms with E-state index in [1.54, 1.807) is 25.4 Å². The standard InChI is InChI=1S/C25H25N3O4/c1-26-23-14-16(11-12-27-23)13-22(24(29)30)28(2)25(31)32-15-21-19-9-5-3-7-17(19)18-8-4-6-10-20(18)21/h3-12,14,21-22H,13,15H2,1-2H3,(H,26,27)(H,29,30). The number of aliphatic carboxylic acids is 1. The van der Waals surface area contributed by atoms with E-state index < -0.39 is 18.1 Å². The predicted molar refractivity (Wildman–Crippen MR) is 122 cm³/mol. The summed E-state index contributed by atoms with van der Waals surface area (Å²) in [5.74, 6) is -0.541. The van der Waals surface area contributed by atoms with Gasteiger partial charge in [0, 0.05) is 32.6 Å². The number of nitrogens with one attached hydrogen (secondary N) is 1. The van der Waals surface area contributed by atoms with Gasteiger partial charge in [0.25, 0.3) is 0 Å². The predicted octanol–water partition coefficient (Wildman–Crippen LogP) is 4.00. The number of nitrogens with zero attached hydrogens (tertiary/aromatic N) is 2. The van der Waals surface area contributed by atoms with E-state index in [4.69, 9.17) is 4.74 Å². The van der Waals surface area contributed by atoms with Gasteiger partial charge in [0.15, 0.2) is 0 Å². The van der Waals surface area contributed by atoms with Crippen molar-refractivity contribution in [2.75, 3.05) is 26.0 Å². The van der Waals surface area contributed by atoms with Crippen molar-refractivity contribution in [1.29, 1.82) is 0 Å². The zero-order valence-corrected chi connectivity index (χ0v) is 18.0. The van der Waals surface area contributed by atoms with E-state index in [1.165, 1.54) is 7.05 Å². The maximum Gasteiger partial charge on any atom is 0.410 e. The average molecular weight is 431 g/mol. The number of benzene rings is 2. The summed E-state index contributed by atoms with van der Waals surface area (Å²) in [5.41, 5.74) is 5.25. The molecule has 32 heavy (non-hydrogen) atoms. The van der Waals surface area contributed by atoms with Crippen LogP contribution in [0.1, 0.15) is 22.6 Å². The first-order chi connectivity index (χ1) is 15.5. The molecular formula is C25H25N3O4. The molecule has 0 radical (unpaired) electrons. The van der Waals surface area contributed by atoms with Crippen LogP contribution >= 0.6 is 0 Å². The molecule has 0 aliphatic heterocycles. The summed E-state index contributed by atoms with van der Waals surface area (Å²) >= 11 is 0. The number of likely N-dealkylation sites (N-methyl/N-ethyl adjacent to an activating group) is 1. The highest BCUT2D eigenvalue weighted by Crippen LogP contribution is 2.44. The number of aromatic nitrogens is 1. The minimum atomic E-state index is -1.09. The van der Waals surface area contributed by atoms with Crippen molar-refractivity contribution < 1.29 is 19.4 Å². The molecule has 1 aliphatic carbocycles. The van der Waals surface area contributed by atoms with Gasteiger partial charge < -0.3 is 15.2 Å². The summed E-state index contributed by atoms with van der Waals surface area (Å²) in [6.07, 6.45) is 1.09. The van der Waals surface area contributed by atoms with Gasteiger partial charge in [-0.2, -0.15) is 0 Å². The van der Waals surface area contributed by atoms with E-state index in [9.17, 15) is 14.7 Å². The molecule has 7 nitrogen and oxygen atoms in total. The zero-order valence-electron chi connectivity index (χ0n) is 18.0. The summed E-state index contributed by atoms with van der Waals surface area (Å²) in [7, 11) is 3.20. The van der Waals surface area contributed by atoms with Crippen molar-refractivity contribution in [2.45, 2.75) is 18.4 Å². The van der Waals surface area contributed by atoms with Gasteiger partial charge in [0.05, 0.1) is 0 Å². The molecule has 0 saturated carbocycles. The number of fused-ring (bicyclic) bond motifs is 3. The van der Waals surface area contributed by atoms with Crippen LogP contribution in [-0.2, 0) is 16.0 Å². The summed E-state index contributed by atoms with van der Waals surface area (Å²) in [6.45, 7) is 0.142. The molecule has 1 atom stereocenters. The topological polar surface area (TPSA) is 91.8 Å². The summed E-state index contributed by atoms with van der Waals surface area (Å²) in [5, 5.41) is 12.7. The number of ether oxygens (including phenoxy) is 1. The Balaban J connectivity index is 1.47. The van der Waals surface area contributed by atoms with E-state index in [0.29, 0.717) is 5.82 Å². The maximum absolute atomic E-state index is 12.8. The second kappa shape index (κ2) is 9.09. The van der Waals surface area contributed by atoms with Crippen LogP contribution in [0.2, 0.25) is 0 Å². The first kappa shape index (κ1) is 21.4. The van der Waals surface area contributed by atoms with Crippen LogP contribution in [0.4, 0.5) is 10.6 Å². The van der Waals surface area contributed by atoms with E-state index in [-0.39, 0.29) is 18.9 Å². The largest absolute Gasteiger partial charge is 0.480 e. The fourth-order valence-electron chi connectivity index (χ4n) is 4.17. The van der Waals surface area contributed by atoms with E-state index in [1.807, 2.05) is 36.4 Å². The van der Waals surface area contributed by atoms with Gasteiger partial charge in [-0.05, 0) is 39.9 Å². The van der Waals surface area contributed by atoms with Crippen LogP contribution in [0, 0.1) is 0 Å². The fourth-order valence-corrected chi connectivity index (χ4v) is 4.17. The zero-order chi connectivity index (χ0) is 22.7. The Morgan fingerprint density at radius 3 is 2.31 bits per heavy atom. The molecule has 0 saturated heterocycles. The Hall–Kier alpha value is -3.87. The molecule has 1 aromatic heterocycles. The van der Waals surface area contributed by atoms with Crippen molar-refractivity contribution in [3.63, 3.8) is 0 Å². The Morgan fingerprint density at radius 2 is 1.72 bits per heavy atom. The van der Waals surface area contributed by atoms with Gasteiger partial charge >= 0.3 is 12.1 Å². The van der Waals surface area contributed by atoms with Gasteiger partial charge in [-0.15, -0.1) is 0 Å². The number of hydrogen-bond donors (Lipinski definition) is 2. The number of carbonyl (C=O) groups excluding carboxylic acids is 1. The molecule has 0 spiro atoms. The number of carboxylic acid groups (broad SMARTS) is 1. The van der Waals surface area contributed by atoms with Gasteiger partial charge in [-0.25, -0.2) is 14.6 Å². The Kier molecular flexibility index (Phi) is 6.07. The number of hydrogen-bond acceptors (Lipinski definition) is 5. The molecule has 164 valence electrons. The molecule has 1 aliphatic rings. The number of carbonyl (C=O) groups is 2. The molecule has 0 fully saturated rings. The lowest BCUT2D eigenvalue weighted by Crippen LogP contribution is -2.44. The Labute approximate surface area is 186 Å². The second-order valence-corrected chi connectivity index (χ2v) is 7.77. The minimum Gasteiger partial charge on any atom is -0.480 e. The van der Waals surface area contributed by atoms with Crippen LogP contribution in [0.3, 0.4) is 0 Å². The van der Waals surface area contributed by atoms with E-state index >= 15 is 0 Å². The van der Waals surface area contributed by atoms with Gasteiger partial charge in [-0.1, -0.05) is 48.5 Å². The number of carboxylic acids is 1. The first-order valence-electron chi connectivity index (χ1n) is 10.4. The molecule has 3 aromatic rings. The minimum absolute atomic E-state index is 0.0820. The van der Waals surface area contributed by atoms with Crippen molar-refractivity contribution in [3.05, 3.63) is 83.6 Å². The highest BCUT2D eigenvalue weighted by Gasteiger charge is 2.32. The monoisotopic (exact) mass is 431 g/mol. The van der Waals surface area contributed by atoms with Crippen LogP contribution in [0.15, 0.2) is 66.9 Å². The van der Waals surface area contributed by atoms with Gasteiger partial charge in [0.1, 0.15) is 18.5 Å². The quantitative estimate of drug-likeness (QED) is 0.588. The van der Waals surface area contributed by atoms with Crippen molar-refractivity contribution in [1.82, 2.24) is 9.88 Å². The molecule has 2 N–H and O–H groups in total. The smallest absolute Gasteiger partial charge is 0.410 e. The van der Waals surface area contributed by atoms with Crippen LogP contribution in [0.25, 0.3) is 11.1 Å². The summed E-state index contributed by atoms with van der Waals surface area (Å²) in [6, 6.07) is 18.6. The van der Waals surface area contributed by atoms with Gasteiger partial charge in [0.2, 0.25) is 0 Å². The molecule has 1 unspecified atom stereocenters. The lowest BCUT2D eigenvalue weighted by molar-refractivity contribution is -0.142. The molecule has 1 heterocycles. The van der Waals surface area contributed by atoms with Crippen LogP contribution in [-0.4, -0.2) is 53.8 Å². The Morgan fingerprint density at radius 1 is 1.09 bits per heavy atom. The molecular weight excluding hydrogens is 406 g/mol. The van der Waals surface area contributed by atoms with Crippen molar-refractivity contribution in [2.24, 2.45) is 0 Å². The lowest BCUT2D eigenvalue weighted by atomic mass is 9.98. The SMILES string of the molecule is CNc1cc(CC(C(=O)O)N(C)C(=O)OCC2c3ccccc3-c3ccccc32)ccn1. The van der Waals surface area contributed by atoms with E-state index in [2.05, 4.69) is 22.4 Å². The fraction of sp³-hybridized carbons (Fsp3) is 0.240. The number of rotatable bonds is 7. The number of amides is 1. The Bertz CT molecular complexity index is 1100. The lowest BCUT2D eigenvalue weighted by Gasteiger charge is -2.25. The van der Waals surface area contributed by atoms with E-state index in [0.717, 1.165) is 32.7 Å². The number of anilines is 1. The van der Waals surface area contributed by atoms with Crippen molar-refractivity contribution >= 4 is 17.9 Å². The highest BCUT2D eigenvalue weighted by molar-refractivity contribution is 5.81. The van der Waals surface area contributed by atoms with Crippen molar-refractivity contribution in [3.8, 4) is 11.1 Å². The maximum atomic E-state index is 12.8. The molecule has 7 heteroatoms. The summed E-state index contributed by atoms with van der Waals surface area (Å²) < 4.78 is 5.61. The third-order valence-electron chi connectivity index (χ3n) is 5.89. The molecule has 4 rings (SSSR count). The first-order valence-corrected chi connectivity index (χ1v) is 10.4. The molecule has 2 aromatic carbocycles. The number of pyridine rings is 1. The second-order valence-electron chi connectivity index (χ2n) is 7.77. The third-order valence-corrected chi connectivity index (χ3v) is 5.89. The highest BCUT2D eigenvalue weighted by atomic mass is 16.6. The van der Waals surface area contributed by atoms with Crippen LogP contribution < -0.4 is 5.32 Å². The molecule has 1 amide bonds. The molecule has 0 bridgehead atoms. The summed E-state index contributed by atoms with van der Waals surface area (Å²) in [4.78, 5) is 30.0. The third kappa shape index (κ3) is 4.14. The normalized spacial score (nSPS) is 13.1. The average Bonchev–Trinajstić information content (AvgIpc) is 3.14. The van der Waals surface area contributed by atoms with Gasteiger partial charge in [-0.3, -0.25) is 4.90 Å². The van der Waals surface area contributed by atoms with Crippen LogP contribution in [0.5, 0.6) is 0 Å².